The zero-order valence-corrected chi connectivity index (χ0v) is 20.4. The average Bonchev–Trinajstić information content (AvgIpc) is 2.89. The summed E-state index contributed by atoms with van der Waals surface area (Å²) in [6.07, 6.45) is 0. The van der Waals surface area contributed by atoms with Crippen molar-refractivity contribution in [3.63, 3.8) is 0 Å². The van der Waals surface area contributed by atoms with Gasteiger partial charge in [0.1, 0.15) is 5.75 Å². The highest BCUT2D eigenvalue weighted by molar-refractivity contribution is 6.30. The lowest BCUT2D eigenvalue weighted by Crippen LogP contribution is -2.49. The number of carbonyl (C=O) groups excluding carboxylic acids is 1. The highest BCUT2D eigenvalue weighted by Crippen LogP contribution is 2.27. The fourth-order valence-electron chi connectivity index (χ4n) is 4.17. The second-order valence-electron chi connectivity index (χ2n) is 8.71. The van der Waals surface area contributed by atoms with Crippen molar-refractivity contribution in [3.8, 4) is 5.75 Å². The summed E-state index contributed by atoms with van der Waals surface area (Å²) in [6.45, 7) is 5.91. The van der Waals surface area contributed by atoms with Crippen LogP contribution in [0.15, 0.2) is 72.8 Å². The molecule has 7 nitrogen and oxygen atoms in total. The minimum atomic E-state index is -0.400. The number of benzene rings is 3. The summed E-state index contributed by atoms with van der Waals surface area (Å²) in [7, 11) is 0. The number of rotatable bonds is 8. The second kappa shape index (κ2) is 11.3. The molecule has 0 N–H and O–H groups in total. The highest BCUT2D eigenvalue weighted by Gasteiger charge is 2.21. The molecule has 1 fully saturated rings. The molecule has 3 aromatic rings. The van der Waals surface area contributed by atoms with E-state index in [2.05, 4.69) is 4.90 Å². The van der Waals surface area contributed by atoms with E-state index in [1.807, 2.05) is 60.4 Å². The molecule has 4 rings (SSSR count). The molecule has 0 bridgehead atoms. The Morgan fingerprint density at radius 1 is 0.943 bits per heavy atom. The Labute approximate surface area is 210 Å². The van der Waals surface area contributed by atoms with E-state index < -0.39 is 4.92 Å². The Bertz CT molecular complexity index is 1140. The van der Waals surface area contributed by atoms with Gasteiger partial charge in [-0.1, -0.05) is 54.9 Å². The van der Waals surface area contributed by atoms with Gasteiger partial charge < -0.3 is 9.64 Å². The van der Waals surface area contributed by atoms with Crippen LogP contribution in [-0.4, -0.2) is 53.4 Å². The van der Waals surface area contributed by atoms with Crippen molar-refractivity contribution >= 4 is 23.2 Å². The molecular weight excluding hydrogens is 466 g/mol. The second-order valence-corrected chi connectivity index (χ2v) is 9.15. The summed E-state index contributed by atoms with van der Waals surface area (Å²) >= 11 is 5.95. The van der Waals surface area contributed by atoms with E-state index in [1.54, 1.807) is 12.1 Å². The van der Waals surface area contributed by atoms with Gasteiger partial charge in [-0.2, -0.15) is 0 Å². The van der Waals surface area contributed by atoms with Crippen molar-refractivity contribution in [2.45, 2.75) is 19.4 Å². The lowest BCUT2D eigenvalue weighted by Gasteiger charge is -2.34. The van der Waals surface area contributed by atoms with Gasteiger partial charge >= 0.3 is 0 Å². The van der Waals surface area contributed by atoms with E-state index in [-0.39, 0.29) is 24.1 Å². The van der Waals surface area contributed by atoms with Crippen LogP contribution >= 0.6 is 11.6 Å². The van der Waals surface area contributed by atoms with E-state index in [1.165, 1.54) is 17.7 Å². The molecule has 0 aromatic heterocycles. The molecule has 0 saturated carbocycles. The Kier molecular flexibility index (Phi) is 8.00. The summed E-state index contributed by atoms with van der Waals surface area (Å²) in [4.78, 5) is 27.3. The number of hydrogen-bond donors (Lipinski definition) is 0. The van der Waals surface area contributed by atoms with Gasteiger partial charge in [-0.3, -0.25) is 19.8 Å². The quantitative estimate of drug-likeness (QED) is 0.321. The third kappa shape index (κ3) is 6.59. The Morgan fingerprint density at radius 2 is 1.51 bits per heavy atom. The first-order valence-corrected chi connectivity index (χ1v) is 12.0. The summed E-state index contributed by atoms with van der Waals surface area (Å²) in [5.74, 6) is 0.703. The van der Waals surface area contributed by atoms with Gasteiger partial charge in [0.15, 0.2) is 6.61 Å². The first-order valence-electron chi connectivity index (χ1n) is 11.6. The molecule has 1 aliphatic heterocycles. The van der Waals surface area contributed by atoms with Gasteiger partial charge in [0.2, 0.25) is 0 Å². The number of halogens is 1. The normalized spacial score (nSPS) is 15.0. The highest BCUT2D eigenvalue weighted by atomic mass is 35.5. The largest absolute Gasteiger partial charge is 0.484 e. The number of carbonyl (C=O) groups is 1. The number of nitrogens with zero attached hydrogens (tertiary/aromatic N) is 3. The van der Waals surface area contributed by atoms with Crippen molar-refractivity contribution in [2.75, 3.05) is 32.8 Å². The van der Waals surface area contributed by atoms with E-state index in [4.69, 9.17) is 16.3 Å². The lowest BCUT2D eigenvalue weighted by atomic mass is 9.93. The standard InChI is InChI=1S/C27H28ClN3O4/c1-20(22-4-10-25(11-5-22)31(33)34)23-6-12-26(13-7-23)35-19-27(32)30-16-14-29(15-17-30)18-21-2-8-24(28)9-3-21/h2-13,20H,14-19H2,1H3. The van der Waals surface area contributed by atoms with Crippen LogP contribution in [0.3, 0.4) is 0 Å². The molecule has 1 unspecified atom stereocenters. The van der Waals surface area contributed by atoms with Gasteiger partial charge in [0, 0.05) is 55.8 Å². The third-order valence-corrected chi connectivity index (χ3v) is 6.64. The van der Waals surface area contributed by atoms with Crippen LogP contribution in [0.1, 0.15) is 29.5 Å². The van der Waals surface area contributed by atoms with Crippen molar-refractivity contribution in [1.82, 2.24) is 9.80 Å². The smallest absolute Gasteiger partial charge is 0.269 e. The molecule has 3 aromatic carbocycles. The minimum absolute atomic E-state index is 0.00837. The van der Waals surface area contributed by atoms with Crippen LogP contribution in [0.4, 0.5) is 5.69 Å². The number of nitro groups is 1. The van der Waals surface area contributed by atoms with E-state index >= 15 is 0 Å². The topological polar surface area (TPSA) is 75.9 Å². The predicted molar refractivity (Wildman–Crippen MR) is 136 cm³/mol. The van der Waals surface area contributed by atoms with Crippen LogP contribution in [0.25, 0.3) is 0 Å². The van der Waals surface area contributed by atoms with Gasteiger partial charge in [0.05, 0.1) is 4.92 Å². The van der Waals surface area contributed by atoms with Gasteiger partial charge in [0.25, 0.3) is 11.6 Å². The summed E-state index contributed by atoms with van der Waals surface area (Å²) in [6, 6.07) is 22.1. The third-order valence-electron chi connectivity index (χ3n) is 6.39. The van der Waals surface area contributed by atoms with Crippen molar-refractivity contribution in [1.29, 1.82) is 0 Å². The monoisotopic (exact) mass is 493 g/mol. The van der Waals surface area contributed by atoms with E-state index in [0.717, 1.165) is 35.8 Å². The molecular formula is C27H28ClN3O4. The SMILES string of the molecule is CC(c1ccc(OCC(=O)N2CCN(Cc3ccc(Cl)cc3)CC2)cc1)c1ccc([N+](=O)[O-])cc1. The molecule has 35 heavy (non-hydrogen) atoms. The summed E-state index contributed by atoms with van der Waals surface area (Å²) < 4.78 is 5.74. The van der Waals surface area contributed by atoms with Crippen LogP contribution in [0.5, 0.6) is 5.75 Å². The van der Waals surface area contributed by atoms with E-state index in [0.29, 0.717) is 18.8 Å². The molecule has 0 spiro atoms. The molecule has 1 saturated heterocycles. The molecule has 8 heteroatoms. The molecule has 1 amide bonds. The maximum Gasteiger partial charge on any atom is 0.269 e. The number of amides is 1. The van der Waals surface area contributed by atoms with Crippen LogP contribution in [0.2, 0.25) is 5.02 Å². The lowest BCUT2D eigenvalue weighted by molar-refractivity contribution is -0.384. The first kappa shape index (κ1) is 24.7. The summed E-state index contributed by atoms with van der Waals surface area (Å²) in [5.41, 5.74) is 3.35. The average molecular weight is 494 g/mol. The van der Waals surface area contributed by atoms with Gasteiger partial charge in [-0.15, -0.1) is 0 Å². The maximum absolute atomic E-state index is 12.6. The molecule has 1 aliphatic rings. The number of nitro benzene ring substituents is 1. The molecule has 0 radical (unpaired) electrons. The van der Waals surface area contributed by atoms with Gasteiger partial charge in [-0.25, -0.2) is 0 Å². The Balaban J connectivity index is 1.23. The fourth-order valence-corrected chi connectivity index (χ4v) is 4.30. The van der Waals surface area contributed by atoms with Crippen LogP contribution in [0, 0.1) is 10.1 Å². The van der Waals surface area contributed by atoms with Crippen molar-refractivity contribution < 1.29 is 14.5 Å². The zero-order valence-electron chi connectivity index (χ0n) is 19.6. The number of hydrogen-bond acceptors (Lipinski definition) is 5. The van der Waals surface area contributed by atoms with Crippen LogP contribution in [-0.2, 0) is 11.3 Å². The maximum atomic E-state index is 12.6. The molecule has 0 aliphatic carbocycles. The number of ether oxygens (including phenoxy) is 1. The van der Waals surface area contributed by atoms with Crippen LogP contribution < -0.4 is 4.74 Å². The van der Waals surface area contributed by atoms with Gasteiger partial charge in [-0.05, 0) is 41.0 Å². The van der Waals surface area contributed by atoms with E-state index in [9.17, 15) is 14.9 Å². The Hall–Kier alpha value is -3.42. The summed E-state index contributed by atoms with van der Waals surface area (Å²) in [5, 5.41) is 11.6. The molecule has 1 heterocycles. The van der Waals surface area contributed by atoms with Crippen molar-refractivity contribution in [2.24, 2.45) is 0 Å². The molecule has 182 valence electrons. The predicted octanol–water partition coefficient (Wildman–Crippen LogP) is 5.12. The Morgan fingerprint density at radius 3 is 2.09 bits per heavy atom. The minimum Gasteiger partial charge on any atom is -0.484 e. The number of piperazine rings is 1. The molecule has 1 atom stereocenters. The van der Waals surface area contributed by atoms with Crippen molar-refractivity contribution in [3.05, 3.63) is 105 Å². The fraction of sp³-hybridized carbons (Fsp3) is 0.296. The first-order chi connectivity index (χ1) is 16.9. The number of non-ortho nitro benzene ring substituents is 1. The zero-order chi connectivity index (χ0) is 24.8.